The predicted molar refractivity (Wildman–Crippen MR) is 78.4 cm³/mol. The van der Waals surface area contributed by atoms with E-state index in [0.29, 0.717) is 17.8 Å². The smallest absolute Gasteiger partial charge is 0.319 e. The molecule has 1 fully saturated rings. The summed E-state index contributed by atoms with van der Waals surface area (Å²) in [5.41, 5.74) is 1.33. The summed E-state index contributed by atoms with van der Waals surface area (Å²) < 4.78 is 5.53. The quantitative estimate of drug-likeness (QED) is 0.774. The van der Waals surface area contributed by atoms with Crippen LogP contribution in [-0.2, 0) is 16.0 Å². The zero-order chi connectivity index (χ0) is 15.1. The molecule has 0 aliphatic carbocycles. The van der Waals surface area contributed by atoms with E-state index >= 15 is 0 Å². The second-order valence-corrected chi connectivity index (χ2v) is 5.09. The van der Waals surface area contributed by atoms with Crippen LogP contribution in [0, 0.1) is 0 Å². The van der Waals surface area contributed by atoms with Gasteiger partial charge in [-0.25, -0.2) is 4.79 Å². The van der Waals surface area contributed by atoms with E-state index in [-0.39, 0.29) is 18.6 Å². The molecule has 0 bridgehead atoms. The Bertz CT molecular complexity index is 481. The van der Waals surface area contributed by atoms with Crippen LogP contribution in [0.4, 0.5) is 10.5 Å². The number of hydrogen-bond acceptors (Lipinski definition) is 3. The van der Waals surface area contributed by atoms with Crippen LogP contribution < -0.4 is 10.6 Å². The van der Waals surface area contributed by atoms with E-state index in [1.165, 1.54) is 0 Å². The second kappa shape index (κ2) is 7.64. The van der Waals surface area contributed by atoms with Crippen molar-refractivity contribution < 1.29 is 19.4 Å². The maximum Gasteiger partial charge on any atom is 0.319 e. The average Bonchev–Trinajstić information content (AvgIpc) is 2.48. The van der Waals surface area contributed by atoms with Crippen LogP contribution in [0.1, 0.15) is 24.8 Å². The Morgan fingerprint density at radius 3 is 2.62 bits per heavy atom. The molecule has 6 heteroatoms. The number of nitrogens with one attached hydrogen (secondary N) is 2. The molecule has 2 amide bonds. The van der Waals surface area contributed by atoms with Crippen molar-refractivity contribution in [2.24, 2.45) is 0 Å². The first kappa shape index (κ1) is 15.3. The third-order valence-corrected chi connectivity index (χ3v) is 3.33. The second-order valence-electron chi connectivity index (χ2n) is 5.09. The van der Waals surface area contributed by atoms with Gasteiger partial charge < -0.3 is 20.5 Å². The van der Waals surface area contributed by atoms with E-state index < -0.39 is 5.97 Å². The molecule has 0 aromatic heterocycles. The summed E-state index contributed by atoms with van der Waals surface area (Å²) in [5.74, 6) is -0.874. The molecule has 1 atom stereocenters. The molecular formula is C15H20N2O4. The fourth-order valence-electron chi connectivity index (χ4n) is 2.23. The molecule has 3 N–H and O–H groups in total. The number of carboxylic acid groups (broad SMARTS) is 1. The fourth-order valence-corrected chi connectivity index (χ4v) is 2.23. The predicted octanol–water partition coefficient (Wildman–Crippen LogP) is 2.00. The number of anilines is 1. The Morgan fingerprint density at radius 2 is 2.00 bits per heavy atom. The van der Waals surface area contributed by atoms with Crippen LogP contribution in [0.25, 0.3) is 0 Å². The van der Waals surface area contributed by atoms with Crippen LogP contribution >= 0.6 is 0 Å². The van der Waals surface area contributed by atoms with Gasteiger partial charge in [0.05, 0.1) is 12.5 Å². The summed E-state index contributed by atoms with van der Waals surface area (Å²) in [6.45, 7) is 1.27. The Morgan fingerprint density at radius 1 is 1.24 bits per heavy atom. The number of carbonyl (C=O) groups excluding carboxylic acids is 1. The molecule has 1 aliphatic rings. The Labute approximate surface area is 123 Å². The number of aliphatic carboxylic acids is 1. The Hall–Kier alpha value is -2.08. The molecule has 2 rings (SSSR count). The first-order valence-electron chi connectivity index (χ1n) is 7.10. The zero-order valence-electron chi connectivity index (χ0n) is 11.8. The Kier molecular flexibility index (Phi) is 5.57. The molecule has 0 saturated carbocycles. The standard InChI is InChI=1S/C15H20N2O4/c18-14(19)9-11-4-6-12(7-5-11)17-15(20)16-10-13-3-1-2-8-21-13/h4-7,13H,1-3,8-10H2,(H,18,19)(H2,16,17,20). The van der Waals surface area contributed by atoms with Crippen molar-refractivity contribution in [1.82, 2.24) is 5.32 Å². The van der Waals surface area contributed by atoms with E-state index in [1.54, 1.807) is 24.3 Å². The van der Waals surface area contributed by atoms with Gasteiger partial charge in [0.25, 0.3) is 0 Å². The number of hydrogen-bond donors (Lipinski definition) is 3. The largest absolute Gasteiger partial charge is 0.481 e. The van der Waals surface area contributed by atoms with E-state index in [0.717, 1.165) is 25.9 Å². The molecule has 114 valence electrons. The average molecular weight is 292 g/mol. The summed E-state index contributed by atoms with van der Waals surface area (Å²) in [4.78, 5) is 22.3. The van der Waals surface area contributed by atoms with Gasteiger partial charge >= 0.3 is 12.0 Å². The van der Waals surface area contributed by atoms with Crippen LogP contribution in [0.3, 0.4) is 0 Å². The molecule has 1 aromatic rings. The van der Waals surface area contributed by atoms with E-state index in [1.807, 2.05) is 0 Å². The highest BCUT2D eigenvalue weighted by molar-refractivity contribution is 5.89. The van der Waals surface area contributed by atoms with E-state index in [2.05, 4.69) is 10.6 Å². The minimum atomic E-state index is -0.874. The van der Waals surface area contributed by atoms with Crippen molar-refractivity contribution in [3.63, 3.8) is 0 Å². The lowest BCUT2D eigenvalue weighted by molar-refractivity contribution is -0.136. The molecule has 1 aromatic carbocycles. The number of amides is 2. The van der Waals surface area contributed by atoms with Gasteiger partial charge in [0.2, 0.25) is 0 Å². The van der Waals surface area contributed by atoms with Crippen molar-refractivity contribution in [2.45, 2.75) is 31.8 Å². The lowest BCUT2D eigenvalue weighted by Gasteiger charge is -2.22. The molecule has 21 heavy (non-hydrogen) atoms. The maximum atomic E-state index is 11.7. The molecular weight excluding hydrogens is 272 g/mol. The number of ether oxygens (including phenoxy) is 1. The number of benzene rings is 1. The van der Waals surface area contributed by atoms with E-state index in [9.17, 15) is 9.59 Å². The minimum Gasteiger partial charge on any atom is -0.481 e. The summed E-state index contributed by atoms with van der Waals surface area (Å²) in [6.07, 6.45) is 3.28. The molecule has 1 aliphatic heterocycles. The van der Waals surface area contributed by atoms with Gasteiger partial charge in [-0.2, -0.15) is 0 Å². The fraction of sp³-hybridized carbons (Fsp3) is 0.467. The topological polar surface area (TPSA) is 87.7 Å². The minimum absolute atomic E-state index is 0.0223. The molecule has 1 heterocycles. The van der Waals surface area contributed by atoms with Gasteiger partial charge in [0.15, 0.2) is 0 Å². The maximum absolute atomic E-state index is 11.7. The van der Waals surface area contributed by atoms with Crippen molar-refractivity contribution in [3.8, 4) is 0 Å². The van der Waals surface area contributed by atoms with Gasteiger partial charge in [-0.05, 0) is 37.0 Å². The first-order valence-corrected chi connectivity index (χ1v) is 7.10. The Balaban J connectivity index is 1.75. The van der Waals surface area contributed by atoms with Gasteiger partial charge in [0.1, 0.15) is 0 Å². The van der Waals surface area contributed by atoms with Crippen LogP contribution in [-0.4, -0.2) is 36.4 Å². The summed E-state index contributed by atoms with van der Waals surface area (Å²) in [7, 11) is 0. The van der Waals surface area contributed by atoms with Crippen LogP contribution in [0.15, 0.2) is 24.3 Å². The molecule has 0 spiro atoms. The van der Waals surface area contributed by atoms with Gasteiger partial charge in [-0.3, -0.25) is 4.79 Å². The van der Waals surface area contributed by atoms with Crippen LogP contribution in [0.5, 0.6) is 0 Å². The third kappa shape index (κ3) is 5.43. The van der Waals surface area contributed by atoms with Gasteiger partial charge in [-0.1, -0.05) is 12.1 Å². The van der Waals surface area contributed by atoms with Crippen molar-refractivity contribution in [2.75, 3.05) is 18.5 Å². The highest BCUT2D eigenvalue weighted by Crippen LogP contribution is 2.12. The van der Waals surface area contributed by atoms with Gasteiger partial charge in [-0.15, -0.1) is 0 Å². The lowest BCUT2D eigenvalue weighted by atomic mass is 10.1. The highest BCUT2D eigenvalue weighted by atomic mass is 16.5. The molecule has 1 unspecified atom stereocenters. The summed E-state index contributed by atoms with van der Waals surface area (Å²) >= 11 is 0. The molecule has 1 saturated heterocycles. The van der Waals surface area contributed by atoms with E-state index in [4.69, 9.17) is 9.84 Å². The van der Waals surface area contributed by atoms with Crippen molar-refractivity contribution in [1.29, 1.82) is 0 Å². The first-order chi connectivity index (χ1) is 10.1. The highest BCUT2D eigenvalue weighted by Gasteiger charge is 2.14. The van der Waals surface area contributed by atoms with Crippen molar-refractivity contribution >= 4 is 17.7 Å². The molecule has 6 nitrogen and oxygen atoms in total. The number of rotatable bonds is 5. The van der Waals surface area contributed by atoms with Crippen molar-refractivity contribution in [3.05, 3.63) is 29.8 Å². The van der Waals surface area contributed by atoms with Crippen LogP contribution in [0.2, 0.25) is 0 Å². The summed E-state index contributed by atoms with van der Waals surface area (Å²) in [6, 6.07) is 6.47. The third-order valence-electron chi connectivity index (χ3n) is 3.33. The number of carboxylic acids is 1. The monoisotopic (exact) mass is 292 g/mol. The zero-order valence-corrected chi connectivity index (χ0v) is 11.8. The number of urea groups is 1. The molecule has 0 radical (unpaired) electrons. The van der Waals surface area contributed by atoms with Gasteiger partial charge in [0, 0.05) is 18.8 Å². The SMILES string of the molecule is O=C(O)Cc1ccc(NC(=O)NCC2CCCCO2)cc1. The number of carbonyl (C=O) groups is 2. The normalized spacial score (nSPS) is 18.0. The summed E-state index contributed by atoms with van der Waals surface area (Å²) in [5, 5.41) is 14.2. The lowest BCUT2D eigenvalue weighted by Crippen LogP contribution is -2.37.